The molecule has 8 heteroatoms. The number of nitrogens with zero attached hydrogens (tertiary/aromatic N) is 2. The van der Waals surface area contributed by atoms with E-state index in [0.29, 0.717) is 22.7 Å². The minimum Gasteiger partial charge on any atom is -0.457 e. The van der Waals surface area contributed by atoms with Crippen LogP contribution < -0.4 is 9.46 Å². The van der Waals surface area contributed by atoms with E-state index < -0.39 is 10.0 Å². The van der Waals surface area contributed by atoms with Crippen molar-refractivity contribution in [2.24, 2.45) is 0 Å². The zero-order chi connectivity index (χ0) is 17.9. The highest BCUT2D eigenvalue weighted by molar-refractivity contribution is 7.92. The summed E-state index contributed by atoms with van der Waals surface area (Å²) >= 11 is 5.83. The Balaban J connectivity index is 1.75. The molecule has 0 saturated carbocycles. The van der Waals surface area contributed by atoms with Crippen molar-refractivity contribution in [2.75, 3.05) is 4.72 Å². The van der Waals surface area contributed by atoms with Gasteiger partial charge in [0.15, 0.2) is 0 Å². The summed E-state index contributed by atoms with van der Waals surface area (Å²) in [6, 6.07) is 11.5. The zero-order valence-corrected chi connectivity index (χ0v) is 14.8. The number of aryl methyl sites for hydroxylation is 1. The predicted molar refractivity (Wildman–Crippen MR) is 95.5 cm³/mol. The van der Waals surface area contributed by atoms with E-state index >= 15 is 0 Å². The van der Waals surface area contributed by atoms with Crippen LogP contribution in [-0.2, 0) is 10.0 Å². The Bertz CT molecular complexity index is 978. The third-order valence-corrected chi connectivity index (χ3v) is 5.04. The maximum atomic E-state index is 12.4. The smallest absolute Gasteiger partial charge is 0.263 e. The minimum absolute atomic E-state index is 0.0477. The lowest BCUT2D eigenvalue weighted by Gasteiger charge is -2.10. The van der Waals surface area contributed by atoms with Crippen LogP contribution in [0.2, 0.25) is 5.15 Å². The highest BCUT2D eigenvalue weighted by atomic mass is 35.5. The summed E-state index contributed by atoms with van der Waals surface area (Å²) in [7, 11) is -3.74. The summed E-state index contributed by atoms with van der Waals surface area (Å²) in [5, 5.41) is 0.275. The molecule has 0 saturated heterocycles. The summed E-state index contributed by atoms with van der Waals surface area (Å²) in [6.45, 7) is 1.69. The molecular weight excluding hydrogens is 362 g/mol. The first kappa shape index (κ1) is 17.2. The summed E-state index contributed by atoms with van der Waals surface area (Å²) < 4.78 is 32.9. The van der Waals surface area contributed by atoms with Gasteiger partial charge in [0.2, 0.25) is 0 Å². The summed E-state index contributed by atoms with van der Waals surface area (Å²) in [6.07, 6.45) is 4.47. The minimum atomic E-state index is -3.74. The molecule has 3 aromatic rings. The number of anilines is 1. The highest BCUT2D eigenvalue weighted by Gasteiger charge is 2.16. The number of hydrogen-bond donors (Lipinski definition) is 1. The van der Waals surface area contributed by atoms with Crippen molar-refractivity contribution in [1.29, 1.82) is 0 Å². The number of hydrogen-bond acceptors (Lipinski definition) is 5. The largest absolute Gasteiger partial charge is 0.457 e. The van der Waals surface area contributed by atoms with Gasteiger partial charge in [-0.05, 0) is 55.0 Å². The van der Waals surface area contributed by atoms with Gasteiger partial charge in [0.25, 0.3) is 10.0 Å². The summed E-state index contributed by atoms with van der Waals surface area (Å²) in [5.41, 5.74) is 1.00. The standard InChI is InChI=1S/C17H14ClN3O3S/c1-12-10-16(11-20-17(12)18)25(22,23)21-13-2-4-14(5-3-13)24-15-6-8-19-9-7-15/h2-11,21H,1H3. The third-order valence-electron chi connectivity index (χ3n) is 3.29. The van der Waals surface area contributed by atoms with Crippen LogP contribution in [0.1, 0.15) is 5.56 Å². The molecule has 0 amide bonds. The second-order valence-electron chi connectivity index (χ2n) is 5.19. The third kappa shape index (κ3) is 4.26. The van der Waals surface area contributed by atoms with Crippen molar-refractivity contribution in [2.45, 2.75) is 11.8 Å². The van der Waals surface area contributed by atoms with Crippen LogP contribution in [0.5, 0.6) is 11.5 Å². The lowest BCUT2D eigenvalue weighted by molar-refractivity contribution is 0.482. The molecule has 3 rings (SSSR count). The average molecular weight is 376 g/mol. The van der Waals surface area contributed by atoms with Gasteiger partial charge < -0.3 is 4.74 Å². The van der Waals surface area contributed by atoms with Gasteiger partial charge in [-0.3, -0.25) is 9.71 Å². The molecule has 25 heavy (non-hydrogen) atoms. The second-order valence-corrected chi connectivity index (χ2v) is 7.23. The predicted octanol–water partition coefficient (Wildman–Crippen LogP) is 4.03. The van der Waals surface area contributed by atoms with Crippen LogP contribution in [0.15, 0.2) is 66.0 Å². The number of pyridine rings is 2. The number of aromatic nitrogens is 2. The van der Waals surface area contributed by atoms with Crippen LogP contribution in [0, 0.1) is 6.92 Å². The van der Waals surface area contributed by atoms with E-state index in [1.807, 2.05) is 0 Å². The van der Waals surface area contributed by atoms with Crippen LogP contribution in [0.3, 0.4) is 0 Å². The number of halogens is 1. The summed E-state index contributed by atoms with van der Waals surface area (Å²) in [5.74, 6) is 1.23. The van der Waals surface area contributed by atoms with E-state index in [9.17, 15) is 8.42 Å². The van der Waals surface area contributed by atoms with Crippen molar-refractivity contribution >= 4 is 27.3 Å². The molecule has 0 fully saturated rings. The molecule has 1 aromatic carbocycles. The highest BCUT2D eigenvalue weighted by Crippen LogP contribution is 2.24. The molecule has 0 aliphatic carbocycles. The number of ether oxygens (including phenoxy) is 1. The first-order valence-corrected chi connectivity index (χ1v) is 9.13. The molecule has 2 heterocycles. The molecule has 6 nitrogen and oxygen atoms in total. The van der Waals surface area contributed by atoms with Crippen molar-refractivity contribution < 1.29 is 13.2 Å². The van der Waals surface area contributed by atoms with Gasteiger partial charge in [-0.15, -0.1) is 0 Å². The van der Waals surface area contributed by atoms with Gasteiger partial charge in [0.1, 0.15) is 21.5 Å². The lowest BCUT2D eigenvalue weighted by atomic mass is 10.3. The maximum Gasteiger partial charge on any atom is 0.263 e. The first-order chi connectivity index (χ1) is 11.9. The van der Waals surface area contributed by atoms with Crippen molar-refractivity contribution in [3.8, 4) is 11.5 Å². The van der Waals surface area contributed by atoms with Crippen molar-refractivity contribution in [3.05, 3.63) is 71.8 Å². The van der Waals surface area contributed by atoms with Gasteiger partial charge in [-0.25, -0.2) is 13.4 Å². The molecule has 128 valence electrons. The van der Waals surface area contributed by atoms with E-state index in [-0.39, 0.29) is 10.0 Å². The quantitative estimate of drug-likeness (QED) is 0.681. The van der Waals surface area contributed by atoms with E-state index in [1.54, 1.807) is 55.7 Å². The molecule has 0 atom stereocenters. The Morgan fingerprint density at radius 1 is 1.04 bits per heavy atom. The molecule has 1 N–H and O–H groups in total. The van der Waals surface area contributed by atoms with E-state index in [4.69, 9.17) is 16.3 Å². The van der Waals surface area contributed by atoms with E-state index in [2.05, 4.69) is 14.7 Å². The molecular formula is C17H14ClN3O3S. The molecule has 0 aliphatic heterocycles. The number of sulfonamides is 1. The molecule has 0 spiro atoms. The molecule has 0 bridgehead atoms. The van der Waals surface area contributed by atoms with Crippen molar-refractivity contribution in [3.63, 3.8) is 0 Å². The molecule has 0 aliphatic rings. The lowest BCUT2D eigenvalue weighted by Crippen LogP contribution is -2.13. The zero-order valence-electron chi connectivity index (χ0n) is 13.2. The van der Waals surface area contributed by atoms with Gasteiger partial charge in [-0.1, -0.05) is 11.6 Å². The first-order valence-electron chi connectivity index (χ1n) is 7.27. The van der Waals surface area contributed by atoms with Gasteiger partial charge in [-0.2, -0.15) is 0 Å². The Morgan fingerprint density at radius 2 is 1.68 bits per heavy atom. The molecule has 2 aromatic heterocycles. The van der Waals surface area contributed by atoms with Crippen LogP contribution in [0.25, 0.3) is 0 Å². The van der Waals surface area contributed by atoms with E-state index in [1.165, 1.54) is 12.3 Å². The van der Waals surface area contributed by atoms with E-state index in [0.717, 1.165) is 0 Å². The Labute approximate surface area is 150 Å². The number of benzene rings is 1. The Morgan fingerprint density at radius 3 is 2.32 bits per heavy atom. The maximum absolute atomic E-state index is 12.4. The van der Waals surface area contributed by atoms with Crippen LogP contribution in [0.4, 0.5) is 5.69 Å². The normalized spacial score (nSPS) is 11.1. The fourth-order valence-electron chi connectivity index (χ4n) is 2.03. The molecule has 0 radical (unpaired) electrons. The van der Waals surface area contributed by atoms with Gasteiger partial charge in [0, 0.05) is 24.3 Å². The monoisotopic (exact) mass is 375 g/mol. The number of nitrogens with one attached hydrogen (secondary N) is 1. The SMILES string of the molecule is Cc1cc(S(=O)(=O)Nc2ccc(Oc3ccncc3)cc2)cnc1Cl. The topological polar surface area (TPSA) is 81.2 Å². The summed E-state index contributed by atoms with van der Waals surface area (Å²) in [4.78, 5) is 7.83. The van der Waals surface area contributed by atoms with Crippen LogP contribution in [-0.4, -0.2) is 18.4 Å². The van der Waals surface area contributed by atoms with Gasteiger partial charge >= 0.3 is 0 Å². The Kier molecular flexibility index (Phi) is 4.87. The fraction of sp³-hybridized carbons (Fsp3) is 0.0588. The number of rotatable bonds is 5. The Hall–Kier alpha value is -2.64. The fourth-order valence-corrected chi connectivity index (χ4v) is 3.22. The van der Waals surface area contributed by atoms with Crippen LogP contribution >= 0.6 is 11.6 Å². The molecule has 0 unspecified atom stereocenters. The second kappa shape index (κ2) is 7.08. The average Bonchev–Trinajstić information content (AvgIpc) is 2.60. The van der Waals surface area contributed by atoms with Gasteiger partial charge in [0.05, 0.1) is 0 Å². The van der Waals surface area contributed by atoms with Crippen molar-refractivity contribution in [1.82, 2.24) is 9.97 Å².